The molecule has 0 aliphatic carbocycles. The Bertz CT molecular complexity index is 2130. The van der Waals surface area contributed by atoms with Gasteiger partial charge in [0.1, 0.15) is 11.2 Å². The first-order chi connectivity index (χ1) is 22.2. The molecule has 7 rings (SSSR count). The van der Waals surface area contributed by atoms with Gasteiger partial charge in [-0.1, -0.05) is 58.0 Å². The van der Waals surface area contributed by atoms with E-state index in [0.717, 1.165) is 35.1 Å². The minimum Gasteiger partial charge on any atom is -0.455 e. The Balaban J connectivity index is 1.38. The summed E-state index contributed by atoms with van der Waals surface area (Å²) in [4.78, 5) is 0. The molecular weight excluding hydrogens is 560 g/mol. The van der Waals surface area contributed by atoms with Crippen LogP contribution in [0.2, 0.25) is 0 Å². The molecule has 0 bridgehead atoms. The third-order valence-electron chi connectivity index (χ3n) is 10.4. The first-order valence-corrected chi connectivity index (χ1v) is 16.9. The monoisotopic (exact) mass is 606 g/mol. The van der Waals surface area contributed by atoms with Crippen molar-refractivity contribution < 1.29 is 13.6 Å². The zero-order valence-corrected chi connectivity index (χ0v) is 28.4. The predicted octanol–water partition coefficient (Wildman–Crippen LogP) is 10.8. The first-order valence-electron chi connectivity index (χ1n) is 16.9. The van der Waals surface area contributed by atoms with Crippen LogP contribution in [0, 0.1) is 13.8 Å². The Morgan fingerprint density at radius 2 is 1.61 bits per heavy atom. The number of aryl methyl sites for hydroxylation is 3. The zero-order chi connectivity index (χ0) is 32.3. The maximum atomic E-state index is 6.80. The van der Waals surface area contributed by atoms with E-state index in [-0.39, 0.29) is 0 Å². The fourth-order valence-electron chi connectivity index (χ4n) is 7.76. The maximum absolute atomic E-state index is 6.80. The van der Waals surface area contributed by atoms with Crippen LogP contribution < -0.4 is 9.13 Å². The molecule has 0 saturated carbocycles. The number of rotatable bonds is 7. The molecule has 2 atom stereocenters. The van der Waals surface area contributed by atoms with E-state index in [2.05, 4.69) is 149 Å². The number of furan rings is 1. The van der Waals surface area contributed by atoms with Gasteiger partial charge in [-0.15, -0.1) is 0 Å². The Kier molecular flexibility index (Phi) is 7.67. The minimum absolute atomic E-state index is 0.342. The number of hydrogen-bond acceptors (Lipinski definition) is 1. The van der Waals surface area contributed by atoms with Crippen LogP contribution in [0.3, 0.4) is 0 Å². The fourth-order valence-corrected chi connectivity index (χ4v) is 7.76. The van der Waals surface area contributed by atoms with Crippen molar-refractivity contribution in [3.8, 4) is 22.5 Å². The van der Waals surface area contributed by atoms with Crippen LogP contribution in [0.4, 0.5) is 0 Å². The number of nitrogens with zero attached hydrogens (tertiary/aromatic N) is 2. The highest BCUT2D eigenvalue weighted by molar-refractivity contribution is 6.10. The number of fused-ring (bicyclic) bond motifs is 6. The molecule has 0 amide bonds. The van der Waals surface area contributed by atoms with Crippen molar-refractivity contribution in [3.63, 3.8) is 0 Å². The molecule has 0 N–H and O–H groups in total. The van der Waals surface area contributed by atoms with E-state index in [0.29, 0.717) is 23.8 Å². The molecule has 1 aliphatic rings. The van der Waals surface area contributed by atoms with Gasteiger partial charge in [0.15, 0.2) is 24.6 Å². The number of benzene rings is 3. The Morgan fingerprint density at radius 3 is 2.37 bits per heavy atom. The lowest BCUT2D eigenvalue weighted by Gasteiger charge is -2.31. The summed E-state index contributed by atoms with van der Waals surface area (Å²) in [5.74, 6) is 1.31. The first kappa shape index (κ1) is 30.2. The van der Waals surface area contributed by atoms with Crippen molar-refractivity contribution in [2.24, 2.45) is 0 Å². The summed E-state index contributed by atoms with van der Waals surface area (Å²) in [6, 6.07) is 27.6. The van der Waals surface area contributed by atoms with Crippen molar-refractivity contribution in [2.75, 3.05) is 0 Å². The molecule has 3 nitrogen and oxygen atoms in total. The van der Waals surface area contributed by atoms with E-state index < -0.39 is 0 Å². The molecule has 232 valence electrons. The molecule has 6 aromatic rings. The highest BCUT2D eigenvalue weighted by atomic mass is 16.3. The van der Waals surface area contributed by atoms with E-state index in [1.807, 2.05) is 6.20 Å². The number of hydrogen-bond donors (Lipinski definition) is 0. The zero-order valence-electron chi connectivity index (χ0n) is 28.4. The molecule has 0 fully saturated rings. The SMILES string of the molecule is C=C[n+]1ccccc1-c1c(CCC2c3c(C)cc(C(C)C)cc3-c3cc(C)cc[n+]3C2C)ccc2c1oc1cc(C(C)C)ccc12. The molecule has 2 unspecified atom stereocenters. The van der Waals surface area contributed by atoms with Crippen LogP contribution >= 0.6 is 0 Å². The standard InChI is InChI=1S/C43H46N2O/c1-9-44-20-11-10-12-38(44)42-31(14-18-36-35-17-15-32(26(2)3)25-40(35)46-43(36)42)13-16-34-30(8)45-21-19-28(6)22-39(45)37-24-33(27(4)5)23-29(7)41(34)37/h9-12,14-15,17-27,30,34H,1,13,16H2,2-8H3/q+2. The third-order valence-corrected chi connectivity index (χ3v) is 10.4. The Labute approximate surface area is 273 Å². The lowest BCUT2D eigenvalue weighted by molar-refractivity contribution is -0.714. The van der Waals surface area contributed by atoms with Crippen LogP contribution in [-0.4, -0.2) is 0 Å². The van der Waals surface area contributed by atoms with Gasteiger partial charge < -0.3 is 4.42 Å². The molecule has 0 spiro atoms. The van der Waals surface area contributed by atoms with Gasteiger partial charge in [0, 0.05) is 41.0 Å². The lowest BCUT2D eigenvalue weighted by Crippen LogP contribution is -2.46. The largest absolute Gasteiger partial charge is 0.455 e. The van der Waals surface area contributed by atoms with E-state index in [9.17, 15) is 0 Å². The van der Waals surface area contributed by atoms with Gasteiger partial charge in [0.05, 0.1) is 11.1 Å². The summed E-state index contributed by atoms with van der Waals surface area (Å²) in [6.07, 6.45) is 8.24. The van der Waals surface area contributed by atoms with Crippen LogP contribution in [0.25, 0.3) is 50.7 Å². The smallest absolute Gasteiger partial charge is 0.221 e. The molecule has 0 radical (unpaired) electrons. The van der Waals surface area contributed by atoms with Crippen LogP contribution in [0.1, 0.15) is 98.2 Å². The second-order valence-corrected chi connectivity index (χ2v) is 14.0. The Hall–Kier alpha value is -4.50. The summed E-state index contributed by atoms with van der Waals surface area (Å²) in [5, 5.41) is 2.33. The van der Waals surface area contributed by atoms with Gasteiger partial charge in [0.2, 0.25) is 11.4 Å². The minimum atomic E-state index is 0.342. The fraction of sp³-hybridized carbons (Fsp3) is 0.302. The summed E-state index contributed by atoms with van der Waals surface area (Å²) in [6.45, 7) is 20.1. The molecule has 4 heterocycles. The van der Waals surface area contributed by atoms with Gasteiger partial charge in [-0.05, 0) is 104 Å². The lowest BCUT2D eigenvalue weighted by atomic mass is 9.76. The molecule has 46 heavy (non-hydrogen) atoms. The average Bonchev–Trinajstić information content (AvgIpc) is 3.42. The highest BCUT2D eigenvalue weighted by Crippen LogP contribution is 2.45. The maximum Gasteiger partial charge on any atom is 0.221 e. The van der Waals surface area contributed by atoms with E-state index in [4.69, 9.17) is 4.42 Å². The molecule has 3 aromatic heterocycles. The molecule has 1 aliphatic heterocycles. The van der Waals surface area contributed by atoms with E-state index in [1.165, 1.54) is 55.6 Å². The van der Waals surface area contributed by atoms with Gasteiger partial charge in [-0.3, -0.25) is 0 Å². The summed E-state index contributed by atoms with van der Waals surface area (Å²) >= 11 is 0. The molecule has 0 saturated heterocycles. The topological polar surface area (TPSA) is 20.9 Å². The van der Waals surface area contributed by atoms with Crippen molar-refractivity contribution in [2.45, 2.75) is 85.1 Å². The van der Waals surface area contributed by atoms with Crippen molar-refractivity contribution in [3.05, 3.63) is 125 Å². The predicted molar refractivity (Wildman–Crippen MR) is 191 cm³/mol. The Morgan fingerprint density at radius 1 is 0.826 bits per heavy atom. The quantitative estimate of drug-likeness (QED) is 0.166. The average molecular weight is 607 g/mol. The van der Waals surface area contributed by atoms with Crippen LogP contribution in [0.5, 0.6) is 0 Å². The molecule has 3 aromatic carbocycles. The highest BCUT2D eigenvalue weighted by Gasteiger charge is 2.38. The molecular formula is C43H46N2O+2. The number of aromatic nitrogens is 2. The normalized spacial score (nSPS) is 15.9. The van der Waals surface area contributed by atoms with Gasteiger partial charge in [-0.25, -0.2) is 0 Å². The summed E-state index contributed by atoms with van der Waals surface area (Å²) in [5.41, 5.74) is 15.2. The van der Waals surface area contributed by atoms with E-state index in [1.54, 1.807) is 0 Å². The number of pyridine rings is 2. The van der Waals surface area contributed by atoms with E-state index >= 15 is 0 Å². The van der Waals surface area contributed by atoms with Crippen molar-refractivity contribution in [1.29, 1.82) is 0 Å². The van der Waals surface area contributed by atoms with Crippen molar-refractivity contribution >= 4 is 28.1 Å². The summed E-state index contributed by atoms with van der Waals surface area (Å²) < 4.78 is 11.4. The van der Waals surface area contributed by atoms with Crippen LogP contribution in [0.15, 0.2) is 96.2 Å². The molecule has 3 heteroatoms. The summed E-state index contributed by atoms with van der Waals surface area (Å²) in [7, 11) is 0. The van der Waals surface area contributed by atoms with Crippen LogP contribution in [-0.2, 0) is 6.42 Å². The van der Waals surface area contributed by atoms with Crippen molar-refractivity contribution in [1.82, 2.24) is 0 Å². The third kappa shape index (κ3) is 4.97. The van der Waals surface area contributed by atoms with Gasteiger partial charge >= 0.3 is 0 Å². The van der Waals surface area contributed by atoms with Gasteiger partial charge in [0.25, 0.3) is 0 Å². The second kappa shape index (κ2) is 11.7. The second-order valence-electron chi connectivity index (χ2n) is 14.0. The van der Waals surface area contributed by atoms with Gasteiger partial charge in [-0.2, -0.15) is 9.13 Å².